The van der Waals surface area contributed by atoms with Gasteiger partial charge in [0, 0.05) is 12.3 Å². The lowest BCUT2D eigenvalue weighted by Crippen LogP contribution is -2.08. The van der Waals surface area contributed by atoms with Gasteiger partial charge in [0.2, 0.25) is 0 Å². The van der Waals surface area contributed by atoms with E-state index < -0.39 is 16.9 Å². The van der Waals surface area contributed by atoms with Gasteiger partial charge in [-0.15, -0.1) is 11.3 Å². The molecule has 0 atom stereocenters. The molecule has 28 heavy (non-hydrogen) atoms. The van der Waals surface area contributed by atoms with Crippen molar-refractivity contribution in [1.82, 2.24) is 0 Å². The predicted molar refractivity (Wildman–Crippen MR) is 106 cm³/mol. The molecule has 10 heteroatoms. The molecular weight excluding hydrogens is 408 g/mol. The Bertz CT molecular complexity index is 954. The summed E-state index contributed by atoms with van der Waals surface area (Å²) in [4.78, 5) is 39.4. The number of nitrogens with zero attached hydrogens (tertiary/aromatic N) is 2. The van der Waals surface area contributed by atoms with Crippen molar-refractivity contribution >= 4 is 51.8 Å². The topological polar surface area (TPSA) is 108 Å². The lowest BCUT2D eigenvalue weighted by Gasteiger charge is -2.03. The summed E-state index contributed by atoms with van der Waals surface area (Å²) in [7, 11) is 0. The minimum atomic E-state index is -0.610. The van der Waals surface area contributed by atoms with E-state index in [1.54, 1.807) is 26.8 Å². The number of hydrogen-bond donors (Lipinski definition) is 0. The molecule has 0 saturated heterocycles. The average molecular weight is 425 g/mol. The average Bonchev–Trinajstić information content (AvgIpc) is 2.97. The molecule has 0 saturated carbocycles. The summed E-state index contributed by atoms with van der Waals surface area (Å²) in [6.07, 6.45) is 1.35. The first-order valence-electron chi connectivity index (χ1n) is 8.25. The van der Waals surface area contributed by atoms with Crippen molar-refractivity contribution in [2.75, 3.05) is 13.2 Å². The van der Waals surface area contributed by atoms with Crippen LogP contribution in [0.5, 0.6) is 0 Å². The van der Waals surface area contributed by atoms with E-state index in [4.69, 9.17) is 21.1 Å². The number of ether oxygens (including phenoxy) is 2. The van der Waals surface area contributed by atoms with Gasteiger partial charge in [0.25, 0.3) is 5.69 Å². The number of thiophene rings is 1. The first-order valence-corrected chi connectivity index (χ1v) is 9.45. The van der Waals surface area contributed by atoms with Gasteiger partial charge in [0.15, 0.2) is 0 Å². The van der Waals surface area contributed by atoms with E-state index in [0.717, 1.165) is 11.3 Å². The van der Waals surface area contributed by atoms with Crippen LogP contribution < -0.4 is 0 Å². The Kier molecular flexibility index (Phi) is 7.24. The Labute approximate surface area is 169 Å². The summed E-state index contributed by atoms with van der Waals surface area (Å²) in [5.41, 5.74) is 0.728. The van der Waals surface area contributed by atoms with Crippen LogP contribution in [0.1, 0.15) is 45.0 Å². The Morgan fingerprint density at radius 2 is 1.89 bits per heavy atom. The van der Waals surface area contributed by atoms with Gasteiger partial charge in [-0.2, -0.15) is 0 Å². The van der Waals surface area contributed by atoms with Crippen molar-refractivity contribution in [3.63, 3.8) is 0 Å². The number of benzene rings is 1. The third-order valence-electron chi connectivity index (χ3n) is 3.57. The van der Waals surface area contributed by atoms with Crippen LogP contribution >= 0.6 is 22.9 Å². The fourth-order valence-corrected chi connectivity index (χ4v) is 3.53. The molecule has 2 rings (SSSR count). The summed E-state index contributed by atoms with van der Waals surface area (Å²) in [6.45, 7) is 5.32. The second-order valence-corrected chi connectivity index (χ2v) is 6.81. The molecule has 0 unspecified atom stereocenters. The fraction of sp³-hybridized carbons (Fsp3) is 0.278. The maximum atomic E-state index is 12.3. The van der Waals surface area contributed by atoms with E-state index in [0.29, 0.717) is 11.1 Å². The molecule has 8 nitrogen and oxygen atoms in total. The summed E-state index contributed by atoms with van der Waals surface area (Å²) < 4.78 is 10.1. The first kappa shape index (κ1) is 21.5. The number of nitro benzene ring substituents is 1. The normalized spacial score (nSPS) is 10.9. The van der Waals surface area contributed by atoms with Gasteiger partial charge in [0.05, 0.1) is 18.1 Å². The van der Waals surface area contributed by atoms with Gasteiger partial charge < -0.3 is 9.47 Å². The van der Waals surface area contributed by atoms with Crippen LogP contribution in [0.15, 0.2) is 23.2 Å². The van der Waals surface area contributed by atoms with E-state index in [-0.39, 0.29) is 39.4 Å². The van der Waals surface area contributed by atoms with Gasteiger partial charge in [-0.3, -0.25) is 10.1 Å². The minimum absolute atomic E-state index is 0.00549. The molecule has 0 fully saturated rings. The third kappa shape index (κ3) is 4.73. The van der Waals surface area contributed by atoms with Crippen molar-refractivity contribution in [1.29, 1.82) is 0 Å². The molecular formula is C18H17ClN2O6S. The molecule has 0 radical (unpaired) electrons. The smallest absolute Gasteiger partial charge is 0.348 e. The molecule has 1 heterocycles. The van der Waals surface area contributed by atoms with Gasteiger partial charge >= 0.3 is 11.9 Å². The van der Waals surface area contributed by atoms with Crippen LogP contribution in [0, 0.1) is 17.0 Å². The van der Waals surface area contributed by atoms with Crippen LogP contribution in [0.4, 0.5) is 10.7 Å². The summed E-state index contributed by atoms with van der Waals surface area (Å²) in [6, 6.07) is 4.20. The number of rotatable bonds is 7. The molecule has 148 valence electrons. The molecule has 0 aliphatic rings. The highest BCUT2D eigenvalue weighted by molar-refractivity contribution is 7.18. The molecule has 0 aliphatic heterocycles. The number of aliphatic imine (C=N–C) groups is 1. The van der Waals surface area contributed by atoms with Gasteiger partial charge in [-0.1, -0.05) is 17.7 Å². The number of nitro groups is 1. The Morgan fingerprint density at radius 3 is 2.50 bits per heavy atom. The monoisotopic (exact) mass is 424 g/mol. The van der Waals surface area contributed by atoms with Crippen molar-refractivity contribution < 1.29 is 24.0 Å². The molecule has 0 aliphatic carbocycles. The lowest BCUT2D eigenvalue weighted by atomic mass is 10.1. The van der Waals surface area contributed by atoms with E-state index in [1.165, 1.54) is 18.3 Å². The van der Waals surface area contributed by atoms with Crippen LogP contribution in [-0.2, 0) is 9.47 Å². The fourth-order valence-electron chi connectivity index (χ4n) is 2.31. The van der Waals surface area contributed by atoms with Crippen LogP contribution in [0.25, 0.3) is 0 Å². The highest BCUT2D eigenvalue weighted by Crippen LogP contribution is 2.36. The zero-order valence-corrected chi connectivity index (χ0v) is 16.9. The van der Waals surface area contributed by atoms with Crippen molar-refractivity contribution in [2.24, 2.45) is 4.99 Å². The SMILES string of the molecule is CCOC(=O)c1sc(/N=C/c2ccc(Cl)c([N+](=O)[O-])c2)c(C(=O)OCC)c1C. The maximum Gasteiger partial charge on any atom is 0.348 e. The summed E-state index contributed by atoms with van der Waals surface area (Å²) in [5.74, 6) is -1.17. The van der Waals surface area contributed by atoms with Crippen molar-refractivity contribution in [3.8, 4) is 0 Å². The molecule has 0 bridgehead atoms. The third-order valence-corrected chi connectivity index (χ3v) is 5.07. The number of carbonyl (C=O) groups excluding carboxylic acids is 2. The van der Waals surface area contributed by atoms with E-state index in [2.05, 4.69) is 4.99 Å². The number of halogens is 1. The number of carbonyl (C=O) groups is 2. The van der Waals surface area contributed by atoms with Gasteiger partial charge in [0.1, 0.15) is 20.5 Å². The molecule has 0 spiro atoms. The zero-order valence-electron chi connectivity index (χ0n) is 15.4. The van der Waals surface area contributed by atoms with Crippen molar-refractivity contribution in [3.05, 3.63) is 54.9 Å². The molecule has 1 aromatic heterocycles. The van der Waals surface area contributed by atoms with E-state index >= 15 is 0 Å². The second-order valence-electron chi connectivity index (χ2n) is 5.40. The Balaban J connectivity index is 2.49. The summed E-state index contributed by atoms with van der Waals surface area (Å²) >= 11 is 6.79. The lowest BCUT2D eigenvalue weighted by molar-refractivity contribution is -0.384. The zero-order chi connectivity index (χ0) is 20.8. The van der Waals surface area contributed by atoms with Gasteiger partial charge in [-0.25, -0.2) is 14.6 Å². The quantitative estimate of drug-likeness (QED) is 0.275. The van der Waals surface area contributed by atoms with Crippen LogP contribution in [-0.4, -0.2) is 36.3 Å². The Morgan fingerprint density at radius 1 is 1.25 bits per heavy atom. The molecule has 1 aromatic carbocycles. The standard InChI is InChI=1S/C18H17ClN2O6S/c1-4-26-17(22)14-10(3)15(18(23)27-5-2)28-16(14)20-9-11-6-7-12(19)13(8-11)21(24)25/h6-9H,4-5H2,1-3H3/b20-9+. The second kappa shape index (κ2) is 9.43. The first-order chi connectivity index (χ1) is 13.3. The molecule has 2 aromatic rings. The molecule has 0 amide bonds. The van der Waals surface area contributed by atoms with Crippen molar-refractivity contribution in [2.45, 2.75) is 20.8 Å². The highest BCUT2D eigenvalue weighted by atomic mass is 35.5. The number of esters is 2. The van der Waals surface area contributed by atoms with Crippen LogP contribution in [0.2, 0.25) is 5.02 Å². The van der Waals surface area contributed by atoms with Crippen LogP contribution in [0.3, 0.4) is 0 Å². The largest absolute Gasteiger partial charge is 0.462 e. The van der Waals surface area contributed by atoms with Gasteiger partial charge in [-0.05, 0) is 38.0 Å². The molecule has 0 N–H and O–H groups in total. The van der Waals surface area contributed by atoms with E-state index in [9.17, 15) is 19.7 Å². The predicted octanol–water partition coefficient (Wildman–Crippen LogP) is 4.72. The highest BCUT2D eigenvalue weighted by Gasteiger charge is 2.26. The van der Waals surface area contributed by atoms with E-state index in [1.807, 2.05) is 0 Å². The maximum absolute atomic E-state index is 12.3. The Hall–Kier alpha value is -2.78. The summed E-state index contributed by atoms with van der Waals surface area (Å²) in [5, 5.41) is 11.3. The number of hydrogen-bond acceptors (Lipinski definition) is 8. The minimum Gasteiger partial charge on any atom is -0.462 e.